The van der Waals surface area contributed by atoms with Crippen molar-refractivity contribution in [3.63, 3.8) is 0 Å². The zero-order valence-corrected chi connectivity index (χ0v) is 25.0. The third-order valence-electron chi connectivity index (χ3n) is 6.45. The SMILES string of the molecule is Cc1ccc(S(=O)(=O)N(CC(=O)N(Cc2ccc(F)cc2)C(C)C(=O)NC(C)(C)C)c2cc(C)ccc2C)cc1. The highest BCUT2D eigenvalue weighted by atomic mass is 32.2. The molecule has 0 aromatic heterocycles. The van der Waals surface area contributed by atoms with Gasteiger partial charge >= 0.3 is 0 Å². The van der Waals surface area contributed by atoms with Gasteiger partial charge in [-0.1, -0.05) is 42.0 Å². The fourth-order valence-corrected chi connectivity index (χ4v) is 5.65. The predicted molar refractivity (Wildman–Crippen MR) is 156 cm³/mol. The van der Waals surface area contributed by atoms with Crippen molar-refractivity contribution in [1.82, 2.24) is 10.2 Å². The molecule has 0 heterocycles. The standard InChI is InChI=1S/C31H38FN3O4S/c1-21-9-16-27(17-10-21)40(38,39)35(28-18-22(2)8-11-23(28)3)20-29(36)34(19-25-12-14-26(32)15-13-25)24(4)30(37)33-31(5,6)7/h8-18,24H,19-20H2,1-7H3,(H,33,37). The summed E-state index contributed by atoms with van der Waals surface area (Å²) in [5, 5.41) is 2.89. The Bertz CT molecular complexity index is 1460. The van der Waals surface area contributed by atoms with Gasteiger partial charge in [-0.3, -0.25) is 13.9 Å². The highest BCUT2D eigenvalue weighted by Crippen LogP contribution is 2.29. The lowest BCUT2D eigenvalue weighted by atomic mass is 10.1. The number of hydrogen-bond acceptors (Lipinski definition) is 4. The Morgan fingerprint density at radius 2 is 1.48 bits per heavy atom. The molecule has 1 unspecified atom stereocenters. The predicted octanol–water partition coefficient (Wildman–Crippen LogP) is 5.28. The van der Waals surface area contributed by atoms with Crippen molar-refractivity contribution in [2.45, 2.75) is 71.5 Å². The number of nitrogens with zero attached hydrogens (tertiary/aromatic N) is 2. The number of nitrogens with one attached hydrogen (secondary N) is 1. The van der Waals surface area contributed by atoms with Gasteiger partial charge in [-0.05, 0) is 95.5 Å². The van der Waals surface area contributed by atoms with Crippen molar-refractivity contribution < 1.29 is 22.4 Å². The van der Waals surface area contributed by atoms with Gasteiger partial charge in [-0.2, -0.15) is 0 Å². The number of anilines is 1. The van der Waals surface area contributed by atoms with Crippen LogP contribution in [-0.4, -0.2) is 43.3 Å². The maximum Gasteiger partial charge on any atom is 0.264 e. The molecule has 1 N–H and O–H groups in total. The summed E-state index contributed by atoms with van der Waals surface area (Å²) >= 11 is 0. The van der Waals surface area contributed by atoms with Crippen LogP contribution in [0, 0.1) is 26.6 Å². The number of carbonyl (C=O) groups is 2. The van der Waals surface area contributed by atoms with Crippen molar-refractivity contribution >= 4 is 27.5 Å². The van der Waals surface area contributed by atoms with E-state index in [4.69, 9.17) is 0 Å². The molecular formula is C31H38FN3O4S. The smallest absolute Gasteiger partial charge is 0.264 e. The average Bonchev–Trinajstić information content (AvgIpc) is 2.87. The number of aryl methyl sites for hydroxylation is 3. The highest BCUT2D eigenvalue weighted by molar-refractivity contribution is 7.92. The summed E-state index contributed by atoms with van der Waals surface area (Å²) in [6.07, 6.45) is 0. The van der Waals surface area contributed by atoms with Crippen LogP contribution in [-0.2, 0) is 26.2 Å². The number of rotatable bonds is 9. The summed E-state index contributed by atoms with van der Waals surface area (Å²) in [5.74, 6) is -1.38. The van der Waals surface area contributed by atoms with Gasteiger partial charge in [0.15, 0.2) is 0 Å². The summed E-state index contributed by atoms with van der Waals surface area (Å²) in [4.78, 5) is 28.5. The molecular weight excluding hydrogens is 529 g/mol. The molecule has 0 radical (unpaired) electrons. The lowest BCUT2D eigenvalue weighted by Crippen LogP contribution is -2.54. The van der Waals surface area contributed by atoms with E-state index in [0.29, 0.717) is 16.8 Å². The van der Waals surface area contributed by atoms with Gasteiger partial charge in [0, 0.05) is 12.1 Å². The minimum absolute atomic E-state index is 0.0109. The summed E-state index contributed by atoms with van der Waals surface area (Å²) in [5.41, 5.74) is 2.84. The Morgan fingerprint density at radius 3 is 2.05 bits per heavy atom. The normalized spacial score (nSPS) is 12.5. The van der Waals surface area contributed by atoms with Crippen LogP contribution in [0.5, 0.6) is 0 Å². The van der Waals surface area contributed by atoms with Gasteiger partial charge in [0.2, 0.25) is 11.8 Å². The first kappa shape index (κ1) is 30.8. The number of carbonyl (C=O) groups excluding carboxylic acids is 2. The Morgan fingerprint density at radius 1 is 0.900 bits per heavy atom. The van der Waals surface area contributed by atoms with E-state index in [1.54, 1.807) is 32.0 Å². The molecule has 0 spiro atoms. The Hall–Kier alpha value is -3.72. The first-order valence-electron chi connectivity index (χ1n) is 13.1. The van der Waals surface area contributed by atoms with Crippen molar-refractivity contribution in [2.75, 3.05) is 10.8 Å². The van der Waals surface area contributed by atoms with Crippen LogP contribution in [0.15, 0.2) is 71.6 Å². The third-order valence-corrected chi connectivity index (χ3v) is 8.23. The molecule has 214 valence electrons. The molecule has 2 amide bonds. The molecule has 3 aromatic carbocycles. The van der Waals surface area contributed by atoms with Crippen LogP contribution < -0.4 is 9.62 Å². The summed E-state index contributed by atoms with van der Waals surface area (Å²) in [6, 6.07) is 16.6. The van der Waals surface area contributed by atoms with E-state index in [9.17, 15) is 22.4 Å². The number of benzene rings is 3. The van der Waals surface area contributed by atoms with Crippen LogP contribution in [0.1, 0.15) is 49.9 Å². The second kappa shape index (κ2) is 12.2. The van der Waals surface area contributed by atoms with Crippen LogP contribution in [0.4, 0.5) is 10.1 Å². The average molecular weight is 568 g/mol. The van der Waals surface area contributed by atoms with Crippen LogP contribution in [0.3, 0.4) is 0 Å². The highest BCUT2D eigenvalue weighted by Gasteiger charge is 2.34. The lowest BCUT2D eigenvalue weighted by molar-refractivity contribution is -0.140. The number of amides is 2. The van der Waals surface area contributed by atoms with Gasteiger partial charge in [-0.15, -0.1) is 0 Å². The van der Waals surface area contributed by atoms with E-state index < -0.39 is 39.9 Å². The fraction of sp³-hybridized carbons (Fsp3) is 0.355. The van der Waals surface area contributed by atoms with Gasteiger partial charge < -0.3 is 10.2 Å². The van der Waals surface area contributed by atoms with Crippen molar-refractivity contribution in [3.8, 4) is 0 Å². The number of sulfonamides is 1. The monoisotopic (exact) mass is 567 g/mol. The first-order valence-corrected chi connectivity index (χ1v) is 14.5. The summed E-state index contributed by atoms with van der Waals surface area (Å²) < 4.78 is 42.7. The van der Waals surface area contributed by atoms with E-state index >= 15 is 0 Å². The van der Waals surface area contributed by atoms with Gasteiger partial charge in [0.1, 0.15) is 18.4 Å². The Kier molecular flexibility index (Phi) is 9.40. The molecule has 1 atom stereocenters. The molecule has 40 heavy (non-hydrogen) atoms. The molecule has 0 bridgehead atoms. The quantitative estimate of drug-likeness (QED) is 0.381. The second-order valence-corrected chi connectivity index (χ2v) is 13.0. The van der Waals surface area contributed by atoms with Gasteiger partial charge in [0.05, 0.1) is 10.6 Å². The third kappa shape index (κ3) is 7.69. The maximum absolute atomic E-state index is 14.0. The molecule has 0 saturated heterocycles. The second-order valence-electron chi connectivity index (χ2n) is 11.2. The summed E-state index contributed by atoms with van der Waals surface area (Å²) in [7, 11) is -4.16. The van der Waals surface area contributed by atoms with Crippen molar-refractivity contribution in [3.05, 3.63) is 94.8 Å². The van der Waals surface area contributed by atoms with E-state index in [2.05, 4.69) is 5.32 Å². The molecule has 9 heteroatoms. The largest absolute Gasteiger partial charge is 0.350 e. The molecule has 0 fully saturated rings. The molecule has 0 aliphatic heterocycles. The molecule has 3 rings (SSSR count). The molecule has 7 nitrogen and oxygen atoms in total. The zero-order valence-electron chi connectivity index (χ0n) is 24.2. The van der Waals surface area contributed by atoms with Crippen LogP contribution in [0.2, 0.25) is 0 Å². The summed E-state index contributed by atoms with van der Waals surface area (Å²) in [6.45, 7) is 12.0. The molecule has 0 saturated carbocycles. The topological polar surface area (TPSA) is 86.8 Å². The van der Waals surface area contributed by atoms with E-state index in [1.165, 1.54) is 41.3 Å². The zero-order chi connectivity index (χ0) is 29.8. The number of hydrogen-bond donors (Lipinski definition) is 1. The van der Waals surface area contributed by atoms with Crippen LogP contribution in [0.25, 0.3) is 0 Å². The first-order chi connectivity index (χ1) is 18.6. The van der Waals surface area contributed by atoms with E-state index in [1.807, 2.05) is 46.8 Å². The molecule has 0 aliphatic carbocycles. The lowest BCUT2D eigenvalue weighted by Gasteiger charge is -2.34. The van der Waals surface area contributed by atoms with E-state index in [0.717, 1.165) is 15.4 Å². The number of halogens is 1. The fourth-order valence-electron chi connectivity index (χ4n) is 4.18. The minimum atomic E-state index is -4.16. The van der Waals surface area contributed by atoms with Crippen molar-refractivity contribution in [2.24, 2.45) is 0 Å². The minimum Gasteiger partial charge on any atom is -0.350 e. The van der Waals surface area contributed by atoms with Gasteiger partial charge in [-0.25, -0.2) is 12.8 Å². The maximum atomic E-state index is 14.0. The Balaban J connectivity index is 2.08. The molecule has 3 aromatic rings. The molecule has 0 aliphatic rings. The van der Waals surface area contributed by atoms with E-state index in [-0.39, 0.29) is 17.3 Å². The van der Waals surface area contributed by atoms with Gasteiger partial charge in [0.25, 0.3) is 10.0 Å². The Labute approximate surface area is 237 Å². The van der Waals surface area contributed by atoms with Crippen LogP contribution >= 0.6 is 0 Å². The van der Waals surface area contributed by atoms with Crippen molar-refractivity contribution in [1.29, 1.82) is 0 Å².